The molecule has 0 radical (unpaired) electrons. The second kappa shape index (κ2) is 5.32. The summed E-state index contributed by atoms with van der Waals surface area (Å²) in [5.74, 6) is 5.89. The van der Waals surface area contributed by atoms with Crippen molar-refractivity contribution < 1.29 is 0 Å². The van der Waals surface area contributed by atoms with Gasteiger partial charge in [-0.05, 0) is 18.2 Å². The topological polar surface area (TPSA) is 49.8 Å². The van der Waals surface area contributed by atoms with E-state index in [1.807, 2.05) is 0 Å². The fourth-order valence-electron chi connectivity index (χ4n) is 0.939. The van der Waals surface area contributed by atoms with Gasteiger partial charge in [0.25, 0.3) is 0 Å². The van der Waals surface area contributed by atoms with E-state index in [4.69, 9.17) is 11.0 Å². The molecule has 1 rings (SSSR count). The number of nitriles is 1. The minimum Gasteiger partial charge on any atom is -0.398 e. The lowest BCUT2D eigenvalue weighted by Crippen LogP contribution is -1.90. The Morgan fingerprint density at radius 2 is 2.21 bits per heavy atom. The first-order chi connectivity index (χ1) is 6.77. The third kappa shape index (κ3) is 2.80. The van der Waals surface area contributed by atoms with Gasteiger partial charge >= 0.3 is 0 Å². The first-order valence-corrected chi connectivity index (χ1v) is 5.24. The molecule has 0 amide bonds. The van der Waals surface area contributed by atoms with Crippen molar-refractivity contribution in [2.45, 2.75) is 6.42 Å². The molecule has 14 heavy (non-hydrogen) atoms. The average molecular weight is 249 g/mol. The van der Waals surface area contributed by atoms with Crippen molar-refractivity contribution in [3.63, 3.8) is 0 Å². The molecule has 0 fully saturated rings. The molecule has 0 aliphatic heterocycles. The monoisotopic (exact) mass is 248 g/mol. The predicted octanol–water partition coefficient (Wildman–Crippen LogP) is 2.28. The van der Waals surface area contributed by atoms with Gasteiger partial charge in [-0.2, -0.15) is 5.26 Å². The number of nitrogen functional groups attached to an aromatic ring is 1. The maximum Gasteiger partial charge on any atom is 0.0992 e. The molecule has 0 aromatic heterocycles. The first kappa shape index (κ1) is 10.6. The van der Waals surface area contributed by atoms with Gasteiger partial charge in [0.05, 0.1) is 11.6 Å². The van der Waals surface area contributed by atoms with Gasteiger partial charge < -0.3 is 5.73 Å². The Bertz CT molecular complexity index is 421. The van der Waals surface area contributed by atoms with Crippen molar-refractivity contribution in [2.24, 2.45) is 0 Å². The average Bonchev–Trinajstić information content (AvgIpc) is 2.21. The smallest absolute Gasteiger partial charge is 0.0992 e. The Kier molecular flexibility index (Phi) is 4.04. The molecule has 0 aliphatic carbocycles. The van der Waals surface area contributed by atoms with E-state index >= 15 is 0 Å². The number of alkyl halides is 1. The van der Waals surface area contributed by atoms with Crippen LogP contribution in [0.4, 0.5) is 5.69 Å². The van der Waals surface area contributed by atoms with Gasteiger partial charge in [-0.3, -0.25) is 0 Å². The molecule has 70 valence electrons. The molecule has 1 aromatic carbocycles. The van der Waals surface area contributed by atoms with Crippen molar-refractivity contribution >= 4 is 21.6 Å². The SMILES string of the molecule is N#Cc1ccc(N)c(C#CCCBr)c1. The van der Waals surface area contributed by atoms with E-state index in [0.29, 0.717) is 11.3 Å². The summed E-state index contributed by atoms with van der Waals surface area (Å²) in [6.07, 6.45) is 0.774. The number of nitrogens with zero attached hydrogens (tertiary/aromatic N) is 1. The number of hydrogen-bond donors (Lipinski definition) is 1. The van der Waals surface area contributed by atoms with Gasteiger partial charge in [-0.1, -0.05) is 27.8 Å². The molecule has 0 aliphatic rings. The van der Waals surface area contributed by atoms with Crippen LogP contribution in [0.3, 0.4) is 0 Å². The van der Waals surface area contributed by atoms with Crippen molar-refractivity contribution in [3.05, 3.63) is 29.3 Å². The van der Waals surface area contributed by atoms with Gasteiger partial charge in [-0.15, -0.1) is 0 Å². The second-order valence-electron chi connectivity index (χ2n) is 2.65. The van der Waals surface area contributed by atoms with Crippen molar-refractivity contribution in [1.82, 2.24) is 0 Å². The quantitative estimate of drug-likeness (QED) is 0.471. The highest BCUT2D eigenvalue weighted by Crippen LogP contribution is 2.12. The molecule has 0 spiro atoms. The lowest BCUT2D eigenvalue weighted by molar-refractivity contribution is 1.32. The highest BCUT2D eigenvalue weighted by atomic mass is 79.9. The highest BCUT2D eigenvalue weighted by Gasteiger charge is 1.96. The van der Waals surface area contributed by atoms with Crippen molar-refractivity contribution in [3.8, 4) is 17.9 Å². The van der Waals surface area contributed by atoms with E-state index in [1.165, 1.54) is 0 Å². The van der Waals surface area contributed by atoms with Crippen LogP contribution in [0.15, 0.2) is 18.2 Å². The van der Waals surface area contributed by atoms with Crippen LogP contribution in [0, 0.1) is 23.2 Å². The van der Waals surface area contributed by atoms with Gasteiger partial charge in [0.15, 0.2) is 0 Å². The van der Waals surface area contributed by atoms with Crippen LogP contribution in [0.5, 0.6) is 0 Å². The summed E-state index contributed by atoms with van der Waals surface area (Å²) >= 11 is 3.28. The maximum absolute atomic E-state index is 8.68. The number of benzene rings is 1. The standard InChI is InChI=1S/C11H9BrN2/c12-6-2-1-3-10-7-9(8-13)4-5-11(10)14/h4-5,7H,2,6,14H2. The molecule has 0 atom stereocenters. The van der Waals surface area contributed by atoms with Crippen LogP contribution in [0.1, 0.15) is 17.5 Å². The zero-order chi connectivity index (χ0) is 10.4. The number of rotatable bonds is 1. The van der Waals surface area contributed by atoms with Crippen LogP contribution < -0.4 is 5.73 Å². The molecule has 0 unspecified atom stereocenters. The fraction of sp³-hybridized carbons (Fsp3) is 0.182. The van der Waals surface area contributed by atoms with Crippen LogP contribution >= 0.6 is 15.9 Å². The summed E-state index contributed by atoms with van der Waals surface area (Å²) in [5.41, 5.74) is 7.63. The number of halogens is 1. The lowest BCUT2D eigenvalue weighted by atomic mass is 10.1. The van der Waals surface area contributed by atoms with Gasteiger partial charge in [0.2, 0.25) is 0 Å². The number of anilines is 1. The molecule has 0 saturated carbocycles. The largest absolute Gasteiger partial charge is 0.398 e. The first-order valence-electron chi connectivity index (χ1n) is 4.12. The number of nitrogens with two attached hydrogens (primary N) is 1. The molecule has 3 heteroatoms. The minimum absolute atomic E-state index is 0.586. The van der Waals surface area contributed by atoms with Crippen LogP contribution in [-0.4, -0.2) is 5.33 Å². The van der Waals surface area contributed by atoms with Gasteiger partial charge in [0, 0.05) is 23.0 Å². The maximum atomic E-state index is 8.68. The van der Waals surface area contributed by atoms with E-state index in [0.717, 1.165) is 17.3 Å². The van der Waals surface area contributed by atoms with Crippen LogP contribution in [-0.2, 0) is 0 Å². The summed E-state index contributed by atoms with van der Waals surface area (Å²) in [7, 11) is 0. The Balaban J connectivity index is 2.98. The van der Waals surface area contributed by atoms with Crippen LogP contribution in [0.25, 0.3) is 0 Å². The summed E-state index contributed by atoms with van der Waals surface area (Å²) in [6.45, 7) is 0. The molecule has 1 aromatic rings. The van der Waals surface area contributed by atoms with E-state index in [2.05, 4.69) is 33.8 Å². The van der Waals surface area contributed by atoms with E-state index < -0.39 is 0 Å². The Morgan fingerprint density at radius 1 is 1.43 bits per heavy atom. The van der Waals surface area contributed by atoms with Crippen molar-refractivity contribution in [2.75, 3.05) is 11.1 Å². The normalized spacial score (nSPS) is 8.57. The molecule has 2 nitrogen and oxygen atoms in total. The summed E-state index contributed by atoms with van der Waals surface area (Å²) in [4.78, 5) is 0. The van der Waals surface area contributed by atoms with E-state index in [-0.39, 0.29) is 0 Å². The summed E-state index contributed by atoms with van der Waals surface area (Å²) in [5, 5.41) is 9.52. The Hall–Kier alpha value is -1.45. The number of hydrogen-bond acceptors (Lipinski definition) is 2. The fourth-order valence-corrected chi connectivity index (χ4v) is 1.14. The molecule has 2 N–H and O–H groups in total. The molecular formula is C11H9BrN2. The zero-order valence-electron chi connectivity index (χ0n) is 7.55. The van der Waals surface area contributed by atoms with E-state index in [9.17, 15) is 0 Å². The molecule has 0 heterocycles. The van der Waals surface area contributed by atoms with Gasteiger partial charge in [0.1, 0.15) is 0 Å². The molecular weight excluding hydrogens is 240 g/mol. The third-order valence-corrected chi connectivity index (χ3v) is 2.02. The summed E-state index contributed by atoms with van der Waals surface area (Å²) in [6, 6.07) is 7.15. The molecule has 0 saturated heterocycles. The van der Waals surface area contributed by atoms with Gasteiger partial charge in [-0.25, -0.2) is 0 Å². The third-order valence-electron chi connectivity index (χ3n) is 1.62. The minimum atomic E-state index is 0.586. The second-order valence-corrected chi connectivity index (χ2v) is 3.45. The highest BCUT2D eigenvalue weighted by molar-refractivity contribution is 9.09. The lowest BCUT2D eigenvalue weighted by Gasteiger charge is -1.97. The van der Waals surface area contributed by atoms with Crippen LogP contribution in [0.2, 0.25) is 0 Å². The zero-order valence-corrected chi connectivity index (χ0v) is 9.13. The predicted molar refractivity (Wildman–Crippen MR) is 60.9 cm³/mol. The summed E-state index contributed by atoms with van der Waals surface area (Å²) < 4.78 is 0. The Labute approximate surface area is 91.9 Å². The van der Waals surface area contributed by atoms with Crippen molar-refractivity contribution in [1.29, 1.82) is 5.26 Å². The molecule has 0 bridgehead atoms. The van der Waals surface area contributed by atoms with E-state index in [1.54, 1.807) is 18.2 Å². The Morgan fingerprint density at radius 3 is 2.86 bits per heavy atom.